The Bertz CT molecular complexity index is 420. The van der Waals surface area contributed by atoms with Crippen LogP contribution in [-0.4, -0.2) is 72.0 Å². The molecule has 1 aliphatic carbocycles. The maximum Gasteiger partial charge on any atom is 0.0631 e. The molecule has 3 fully saturated rings. The van der Waals surface area contributed by atoms with Crippen molar-refractivity contribution in [3.8, 4) is 0 Å². The van der Waals surface area contributed by atoms with Gasteiger partial charge in [-0.05, 0) is 73.1 Å². The maximum absolute atomic E-state index is 6.31. The average molecular weight is 353 g/mol. The minimum absolute atomic E-state index is 0.0227. The second kappa shape index (κ2) is 7.46. The molecule has 0 unspecified atom stereocenters. The van der Waals surface area contributed by atoms with E-state index in [1.54, 1.807) is 0 Å². The molecule has 1 saturated carbocycles. The molecule has 0 N–H and O–H groups in total. The number of piperidine rings is 1. The van der Waals surface area contributed by atoms with Crippen molar-refractivity contribution in [1.29, 1.82) is 0 Å². The van der Waals surface area contributed by atoms with E-state index in [9.17, 15) is 0 Å². The van der Waals surface area contributed by atoms with Crippen LogP contribution in [0.15, 0.2) is 0 Å². The maximum atomic E-state index is 6.31. The molecule has 0 atom stereocenters. The largest absolute Gasteiger partial charge is 0.375 e. The summed E-state index contributed by atoms with van der Waals surface area (Å²) in [5.74, 6) is 0.874. The molecule has 2 saturated heterocycles. The van der Waals surface area contributed by atoms with Crippen LogP contribution in [0.2, 0.25) is 0 Å². The van der Waals surface area contributed by atoms with Crippen LogP contribution in [0.25, 0.3) is 0 Å². The number of likely N-dealkylation sites (tertiary alicyclic amines) is 2. The van der Waals surface area contributed by atoms with Crippen molar-refractivity contribution in [2.24, 2.45) is 5.92 Å². The van der Waals surface area contributed by atoms with Crippen LogP contribution < -0.4 is 0 Å². The first-order valence-corrected chi connectivity index (χ1v) is 10.4. The predicted octanol–water partition coefficient (Wildman–Crippen LogP) is 3.54. The fourth-order valence-corrected chi connectivity index (χ4v) is 4.32. The summed E-state index contributed by atoms with van der Waals surface area (Å²) in [5, 5.41) is 0. The third-order valence-electron chi connectivity index (χ3n) is 5.91. The lowest BCUT2D eigenvalue weighted by molar-refractivity contribution is -0.168. The Morgan fingerprint density at radius 3 is 1.96 bits per heavy atom. The predicted molar refractivity (Wildman–Crippen MR) is 103 cm³/mol. The van der Waals surface area contributed by atoms with Crippen molar-refractivity contribution in [2.75, 3.05) is 32.7 Å². The Hall–Kier alpha value is -0.160. The van der Waals surface area contributed by atoms with E-state index < -0.39 is 0 Å². The van der Waals surface area contributed by atoms with Crippen molar-refractivity contribution in [3.63, 3.8) is 0 Å². The van der Waals surface area contributed by atoms with E-state index >= 15 is 0 Å². The van der Waals surface area contributed by atoms with Crippen molar-refractivity contribution in [1.82, 2.24) is 9.80 Å². The van der Waals surface area contributed by atoms with Crippen molar-refractivity contribution < 1.29 is 9.47 Å². The molecule has 4 heteroatoms. The Morgan fingerprint density at radius 1 is 0.840 bits per heavy atom. The van der Waals surface area contributed by atoms with Gasteiger partial charge in [0.1, 0.15) is 0 Å². The molecule has 2 heterocycles. The Kier molecular flexibility index (Phi) is 5.85. The third kappa shape index (κ3) is 5.66. The van der Waals surface area contributed by atoms with Gasteiger partial charge >= 0.3 is 0 Å². The molecule has 3 rings (SSSR count). The van der Waals surface area contributed by atoms with Gasteiger partial charge in [0, 0.05) is 38.3 Å². The van der Waals surface area contributed by atoms with Gasteiger partial charge in [-0.3, -0.25) is 4.90 Å². The normalized spacial score (nSPS) is 31.0. The average Bonchev–Trinajstić information content (AvgIpc) is 2.39. The van der Waals surface area contributed by atoms with E-state index in [0.717, 1.165) is 18.8 Å². The van der Waals surface area contributed by atoms with Gasteiger partial charge in [0.15, 0.2) is 0 Å². The zero-order valence-electron chi connectivity index (χ0n) is 17.4. The highest BCUT2D eigenvalue weighted by Gasteiger charge is 2.37. The number of nitrogens with zero attached hydrogens (tertiary/aromatic N) is 2. The van der Waals surface area contributed by atoms with Gasteiger partial charge in [0.05, 0.1) is 23.9 Å². The molecule has 0 amide bonds. The molecule has 0 aromatic carbocycles. The highest BCUT2D eigenvalue weighted by molar-refractivity contribution is 4.91. The van der Waals surface area contributed by atoms with Crippen LogP contribution in [0.4, 0.5) is 0 Å². The molecular weight excluding hydrogens is 312 g/mol. The first-order chi connectivity index (χ1) is 11.6. The molecule has 25 heavy (non-hydrogen) atoms. The summed E-state index contributed by atoms with van der Waals surface area (Å²) in [4.78, 5) is 5.26. The Morgan fingerprint density at radius 2 is 1.44 bits per heavy atom. The third-order valence-corrected chi connectivity index (χ3v) is 5.91. The second-order valence-electron chi connectivity index (χ2n) is 10.5. The quantitative estimate of drug-likeness (QED) is 0.755. The first kappa shape index (κ1) is 19.6. The number of hydrogen-bond acceptors (Lipinski definition) is 4. The summed E-state index contributed by atoms with van der Waals surface area (Å²) in [6, 6.07) is 0. The molecule has 3 aliphatic rings. The fraction of sp³-hybridized carbons (Fsp3) is 1.00. The highest BCUT2D eigenvalue weighted by Crippen LogP contribution is 2.32. The van der Waals surface area contributed by atoms with Gasteiger partial charge in [-0.1, -0.05) is 0 Å². The lowest BCUT2D eigenvalue weighted by Crippen LogP contribution is -2.59. The fourth-order valence-electron chi connectivity index (χ4n) is 4.32. The van der Waals surface area contributed by atoms with Gasteiger partial charge in [0.25, 0.3) is 0 Å². The van der Waals surface area contributed by atoms with Crippen LogP contribution in [0.1, 0.15) is 67.2 Å². The van der Waals surface area contributed by atoms with Gasteiger partial charge < -0.3 is 14.4 Å². The lowest BCUT2D eigenvalue weighted by Gasteiger charge is -2.49. The molecule has 0 radical (unpaired) electrons. The number of rotatable bonds is 5. The van der Waals surface area contributed by atoms with Crippen molar-refractivity contribution in [3.05, 3.63) is 0 Å². The summed E-state index contributed by atoms with van der Waals surface area (Å²) in [5.41, 5.74) is 0.319. The number of hydrogen-bond donors (Lipinski definition) is 0. The lowest BCUT2D eigenvalue weighted by atomic mass is 9.90. The molecular formula is C21H40N2O2. The summed E-state index contributed by atoms with van der Waals surface area (Å²) in [6.45, 7) is 19.6. The van der Waals surface area contributed by atoms with E-state index in [1.807, 2.05) is 0 Å². The molecule has 0 aromatic rings. The standard InChI is InChI=1S/C21H40N2O2/c1-20(2,3)23-14-16(15-23)13-22-9-7-17(8-10-22)24-18-11-19(12-18)25-21(4,5)6/h16-19H,7-15H2,1-6H3. The number of ether oxygens (including phenoxy) is 2. The monoisotopic (exact) mass is 352 g/mol. The first-order valence-electron chi connectivity index (χ1n) is 10.4. The van der Waals surface area contributed by atoms with E-state index in [0.29, 0.717) is 23.9 Å². The Labute approximate surface area is 155 Å². The van der Waals surface area contributed by atoms with Crippen LogP contribution in [0, 0.1) is 5.92 Å². The molecule has 146 valence electrons. The second-order valence-corrected chi connectivity index (χ2v) is 10.5. The van der Waals surface area contributed by atoms with Gasteiger partial charge in [-0.25, -0.2) is 0 Å². The smallest absolute Gasteiger partial charge is 0.0631 e. The molecule has 0 bridgehead atoms. The van der Waals surface area contributed by atoms with Gasteiger partial charge in [-0.15, -0.1) is 0 Å². The summed E-state index contributed by atoms with van der Waals surface area (Å²) in [6.07, 6.45) is 5.91. The minimum atomic E-state index is -0.0227. The van der Waals surface area contributed by atoms with E-state index in [-0.39, 0.29) is 5.60 Å². The highest BCUT2D eigenvalue weighted by atomic mass is 16.5. The zero-order chi connectivity index (χ0) is 18.2. The van der Waals surface area contributed by atoms with Gasteiger partial charge in [-0.2, -0.15) is 0 Å². The topological polar surface area (TPSA) is 24.9 Å². The van der Waals surface area contributed by atoms with E-state index in [4.69, 9.17) is 9.47 Å². The SMILES string of the molecule is CC(C)(C)OC1CC(OC2CCN(CC3CN(C(C)(C)C)C3)CC2)C1. The Balaban J connectivity index is 1.26. The van der Waals surface area contributed by atoms with Gasteiger partial charge in [0.2, 0.25) is 0 Å². The van der Waals surface area contributed by atoms with Crippen molar-refractivity contribution in [2.45, 2.75) is 96.7 Å². The van der Waals surface area contributed by atoms with Crippen molar-refractivity contribution >= 4 is 0 Å². The summed E-state index contributed by atoms with van der Waals surface area (Å²) >= 11 is 0. The van der Waals surface area contributed by atoms with E-state index in [2.05, 4.69) is 51.3 Å². The summed E-state index contributed by atoms with van der Waals surface area (Å²) in [7, 11) is 0. The minimum Gasteiger partial charge on any atom is -0.375 e. The van der Waals surface area contributed by atoms with Crippen LogP contribution in [0.3, 0.4) is 0 Å². The van der Waals surface area contributed by atoms with Crippen LogP contribution in [-0.2, 0) is 9.47 Å². The van der Waals surface area contributed by atoms with Crippen LogP contribution >= 0.6 is 0 Å². The van der Waals surface area contributed by atoms with E-state index in [1.165, 1.54) is 45.6 Å². The molecule has 2 aliphatic heterocycles. The zero-order valence-corrected chi connectivity index (χ0v) is 17.4. The molecule has 4 nitrogen and oxygen atoms in total. The molecule has 0 spiro atoms. The van der Waals surface area contributed by atoms with Crippen LogP contribution in [0.5, 0.6) is 0 Å². The molecule has 0 aromatic heterocycles. The summed E-state index contributed by atoms with van der Waals surface area (Å²) < 4.78 is 12.3.